The summed E-state index contributed by atoms with van der Waals surface area (Å²) >= 11 is 0. The molecular formula is C19H36N2O3. The van der Waals surface area contributed by atoms with Crippen LogP contribution in [-0.4, -0.2) is 66.4 Å². The smallest absolute Gasteiger partial charge is 0.409 e. The fraction of sp³-hybridized carbons (Fsp3) is 0.947. The summed E-state index contributed by atoms with van der Waals surface area (Å²) in [7, 11) is 1.44. The van der Waals surface area contributed by atoms with Gasteiger partial charge in [0.1, 0.15) is 0 Å². The van der Waals surface area contributed by atoms with Crippen LogP contribution in [0.4, 0.5) is 4.79 Å². The Morgan fingerprint density at radius 3 is 2.42 bits per heavy atom. The lowest BCUT2D eigenvalue weighted by Crippen LogP contribution is -2.59. The summed E-state index contributed by atoms with van der Waals surface area (Å²) in [4.78, 5) is 16.0. The lowest BCUT2D eigenvalue weighted by Gasteiger charge is -2.51. The van der Waals surface area contributed by atoms with Crippen LogP contribution in [0.1, 0.15) is 53.9 Å². The van der Waals surface area contributed by atoms with Crippen molar-refractivity contribution in [3.05, 3.63) is 0 Å². The topological polar surface area (TPSA) is 53.0 Å². The summed E-state index contributed by atoms with van der Waals surface area (Å²) in [6.07, 6.45) is 2.42. The van der Waals surface area contributed by atoms with Crippen LogP contribution in [0.3, 0.4) is 0 Å². The Hall–Kier alpha value is -0.810. The van der Waals surface area contributed by atoms with Gasteiger partial charge in [0, 0.05) is 37.6 Å². The van der Waals surface area contributed by atoms with E-state index in [1.54, 1.807) is 4.90 Å². The number of rotatable bonds is 4. The number of hydrogen-bond donors (Lipinski definition) is 1. The minimum absolute atomic E-state index is 0.141. The first-order valence-corrected chi connectivity index (χ1v) is 9.30. The van der Waals surface area contributed by atoms with E-state index in [2.05, 4.69) is 39.5 Å². The average Bonchev–Trinajstić information content (AvgIpc) is 2.57. The Bertz CT molecular complexity index is 444. The highest BCUT2D eigenvalue weighted by molar-refractivity contribution is 5.68. The molecule has 140 valence electrons. The quantitative estimate of drug-likeness (QED) is 0.855. The van der Waals surface area contributed by atoms with Crippen LogP contribution in [0.25, 0.3) is 0 Å². The standard InChI is InChI=1S/C19H36N2O3/c1-14(2)16(10-19(5)12-21(13-19)17(23)24-6)20-8-7-15(22)9-18(3,4)11-20/h14-16,22H,7-13H2,1-6H3. The van der Waals surface area contributed by atoms with Crippen LogP contribution in [-0.2, 0) is 4.74 Å². The van der Waals surface area contributed by atoms with Crippen molar-refractivity contribution in [2.75, 3.05) is 33.3 Å². The Kier molecular flexibility index (Phi) is 5.86. The maximum Gasteiger partial charge on any atom is 0.409 e. The van der Waals surface area contributed by atoms with Gasteiger partial charge in [-0.15, -0.1) is 0 Å². The number of aliphatic hydroxyl groups is 1. The normalized spacial score (nSPS) is 28.2. The third-order valence-corrected chi connectivity index (χ3v) is 5.69. The second-order valence-corrected chi connectivity index (χ2v) is 9.43. The number of carbonyl (C=O) groups is 1. The summed E-state index contributed by atoms with van der Waals surface area (Å²) in [5.74, 6) is 0.556. The van der Waals surface area contributed by atoms with Gasteiger partial charge < -0.3 is 14.7 Å². The molecule has 2 aliphatic heterocycles. The molecular weight excluding hydrogens is 304 g/mol. The Balaban J connectivity index is 2.03. The highest BCUT2D eigenvalue weighted by atomic mass is 16.5. The van der Waals surface area contributed by atoms with Crippen LogP contribution in [0.2, 0.25) is 0 Å². The molecule has 0 aromatic heterocycles. The zero-order valence-corrected chi connectivity index (χ0v) is 16.3. The maximum absolute atomic E-state index is 11.6. The molecule has 0 aromatic carbocycles. The predicted molar refractivity (Wildman–Crippen MR) is 95.9 cm³/mol. The molecule has 2 heterocycles. The molecule has 2 fully saturated rings. The van der Waals surface area contributed by atoms with E-state index in [0.717, 1.165) is 45.4 Å². The molecule has 0 spiro atoms. The van der Waals surface area contributed by atoms with Crippen molar-refractivity contribution in [3.63, 3.8) is 0 Å². The third-order valence-electron chi connectivity index (χ3n) is 5.69. The number of methoxy groups -OCH3 is 1. The van der Waals surface area contributed by atoms with Gasteiger partial charge in [-0.3, -0.25) is 4.90 Å². The summed E-state index contributed by atoms with van der Waals surface area (Å²) in [6, 6.07) is 0.486. The molecule has 2 aliphatic rings. The lowest BCUT2D eigenvalue weighted by molar-refractivity contribution is -0.0192. The molecule has 1 amide bonds. The highest BCUT2D eigenvalue weighted by Gasteiger charge is 2.45. The second-order valence-electron chi connectivity index (χ2n) is 9.43. The fourth-order valence-corrected chi connectivity index (χ4v) is 4.59. The van der Waals surface area contributed by atoms with Gasteiger partial charge in [0.05, 0.1) is 13.2 Å². The summed E-state index contributed by atoms with van der Waals surface area (Å²) in [5.41, 5.74) is 0.305. The monoisotopic (exact) mass is 340 g/mol. The zero-order valence-electron chi connectivity index (χ0n) is 16.3. The SMILES string of the molecule is COC(=O)N1CC(C)(CC(C(C)C)N2CCC(O)CC(C)(C)C2)C1. The van der Waals surface area contributed by atoms with Crippen molar-refractivity contribution in [2.24, 2.45) is 16.7 Å². The van der Waals surface area contributed by atoms with E-state index >= 15 is 0 Å². The van der Waals surface area contributed by atoms with Crippen molar-refractivity contribution < 1.29 is 14.6 Å². The lowest BCUT2D eigenvalue weighted by atomic mass is 9.74. The van der Waals surface area contributed by atoms with Crippen molar-refractivity contribution in [1.82, 2.24) is 9.80 Å². The fourth-order valence-electron chi connectivity index (χ4n) is 4.59. The molecule has 2 saturated heterocycles. The molecule has 2 rings (SSSR count). The van der Waals surface area contributed by atoms with Gasteiger partial charge in [-0.2, -0.15) is 0 Å². The summed E-state index contributed by atoms with van der Waals surface area (Å²) in [6.45, 7) is 14.9. The van der Waals surface area contributed by atoms with Crippen molar-refractivity contribution in [3.8, 4) is 0 Å². The predicted octanol–water partition coefficient (Wildman–Crippen LogP) is 2.97. The zero-order chi connectivity index (χ0) is 18.1. The summed E-state index contributed by atoms with van der Waals surface area (Å²) < 4.78 is 4.82. The van der Waals surface area contributed by atoms with Crippen molar-refractivity contribution in [2.45, 2.75) is 66.0 Å². The van der Waals surface area contributed by atoms with Gasteiger partial charge in [0.15, 0.2) is 0 Å². The molecule has 0 radical (unpaired) electrons. The van der Waals surface area contributed by atoms with Crippen LogP contribution < -0.4 is 0 Å². The molecule has 24 heavy (non-hydrogen) atoms. The van der Waals surface area contributed by atoms with Crippen molar-refractivity contribution >= 4 is 6.09 Å². The number of carbonyl (C=O) groups excluding carboxylic acids is 1. The molecule has 5 nitrogen and oxygen atoms in total. The van der Waals surface area contributed by atoms with E-state index in [1.165, 1.54) is 7.11 Å². The third kappa shape index (κ3) is 4.63. The van der Waals surface area contributed by atoms with Crippen LogP contribution in [0.15, 0.2) is 0 Å². The first kappa shape index (κ1) is 19.5. The molecule has 0 aromatic rings. The number of ether oxygens (including phenoxy) is 1. The number of likely N-dealkylation sites (tertiary alicyclic amines) is 2. The van der Waals surface area contributed by atoms with Gasteiger partial charge in [-0.25, -0.2) is 4.79 Å². The van der Waals surface area contributed by atoms with Gasteiger partial charge in [0.25, 0.3) is 0 Å². The highest BCUT2D eigenvalue weighted by Crippen LogP contribution is 2.39. The van der Waals surface area contributed by atoms with Crippen molar-refractivity contribution in [1.29, 1.82) is 0 Å². The van der Waals surface area contributed by atoms with Gasteiger partial charge in [-0.1, -0.05) is 34.6 Å². The Labute approximate surface area is 147 Å². The average molecular weight is 341 g/mol. The molecule has 2 atom stereocenters. The van der Waals surface area contributed by atoms with E-state index in [9.17, 15) is 9.90 Å². The number of nitrogens with zero attached hydrogens (tertiary/aromatic N) is 2. The first-order valence-electron chi connectivity index (χ1n) is 9.30. The number of amides is 1. The van der Waals surface area contributed by atoms with Gasteiger partial charge in [-0.05, 0) is 30.6 Å². The molecule has 2 unspecified atom stereocenters. The Morgan fingerprint density at radius 2 is 1.88 bits per heavy atom. The van der Waals surface area contributed by atoms with Crippen LogP contribution >= 0.6 is 0 Å². The van der Waals surface area contributed by atoms with E-state index in [0.29, 0.717) is 12.0 Å². The Morgan fingerprint density at radius 1 is 1.25 bits per heavy atom. The molecule has 5 heteroatoms. The van der Waals surface area contributed by atoms with E-state index in [1.807, 2.05) is 0 Å². The molecule has 0 aliphatic carbocycles. The van der Waals surface area contributed by atoms with E-state index in [-0.39, 0.29) is 23.0 Å². The van der Waals surface area contributed by atoms with E-state index in [4.69, 9.17) is 4.74 Å². The van der Waals surface area contributed by atoms with Crippen LogP contribution in [0.5, 0.6) is 0 Å². The van der Waals surface area contributed by atoms with E-state index < -0.39 is 0 Å². The molecule has 0 saturated carbocycles. The summed E-state index contributed by atoms with van der Waals surface area (Å²) in [5, 5.41) is 10.2. The molecule has 1 N–H and O–H groups in total. The first-order chi connectivity index (χ1) is 11.1. The minimum atomic E-state index is -0.215. The number of aliphatic hydroxyl groups excluding tert-OH is 1. The number of hydrogen-bond acceptors (Lipinski definition) is 4. The largest absolute Gasteiger partial charge is 0.453 e. The van der Waals surface area contributed by atoms with Gasteiger partial charge in [0.2, 0.25) is 0 Å². The maximum atomic E-state index is 11.6. The van der Waals surface area contributed by atoms with Gasteiger partial charge >= 0.3 is 6.09 Å². The second kappa shape index (κ2) is 7.20. The van der Waals surface area contributed by atoms with Crippen LogP contribution in [0, 0.1) is 16.7 Å². The minimum Gasteiger partial charge on any atom is -0.453 e. The molecule has 0 bridgehead atoms.